The molecule has 1 aliphatic heterocycles. The van der Waals surface area contributed by atoms with Gasteiger partial charge >= 0.3 is 0 Å². The SMILES string of the molecule is CC(=O)c1c(C)n(C)c2cc3c(cc12)CN(C(C)C)C3. The maximum Gasteiger partial charge on any atom is 0.162 e. The van der Waals surface area contributed by atoms with Crippen molar-refractivity contribution in [2.75, 3.05) is 0 Å². The lowest BCUT2D eigenvalue weighted by atomic mass is 10.0. The summed E-state index contributed by atoms with van der Waals surface area (Å²) in [5, 5.41) is 1.11. The van der Waals surface area contributed by atoms with Gasteiger partial charge in [-0.15, -0.1) is 0 Å². The van der Waals surface area contributed by atoms with Crippen molar-refractivity contribution in [1.82, 2.24) is 9.47 Å². The fraction of sp³-hybridized carbons (Fsp3) is 0.471. The molecule has 0 spiro atoms. The Morgan fingerprint density at radius 2 is 1.80 bits per heavy atom. The van der Waals surface area contributed by atoms with Crippen molar-refractivity contribution in [3.63, 3.8) is 0 Å². The maximum absolute atomic E-state index is 11.9. The lowest BCUT2D eigenvalue weighted by Gasteiger charge is -2.18. The molecule has 0 saturated heterocycles. The molecule has 1 aromatic heterocycles. The van der Waals surface area contributed by atoms with E-state index in [2.05, 4.69) is 35.4 Å². The zero-order valence-electron chi connectivity index (χ0n) is 12.9. The van der Waals surface area contributed by atoms with Crippen LogP contribution >= 0.6 is 0 Å². The summed E-state index contributed by atoms with van der Waals surface area (Å²) in [6, 6.07) is 5.06. The van der Waals surface area contributed by atoms with E-state index >= 15 is 0 Å². The summed E-state index contributed by atoms with van der Waals surface area (Å²) in [7, 11) is 2.05. The van der Waals surface area contributed by atoms with E-state index in [1.807, 2.05) is 14.0 Å². The smallest absolute Gasteiger partial charge is 0.162 e. The number of carbonyl (C=O) groups is 1. The number of rotatable bonds is 2. The van der Waals surface area contributed by atoms with Crippen LogP contribution in [0.4, 0.5) is 0 Å². The number of carbonyl (C=O) groups excluding carboxylic acids is 1. The highest BCUT2D eigenvalue weighted by molar-refractivity contribution is 6.08. The Balaban J connectivity index is 2.21. The Labute approximate surface area is 120 Å². The van der Waals surface area contributed by atoms with Crippen LogP contribution in [0.1, 0.15) is 48.0 Å². The summed E-state index contributed by atoms with van der Waals surface area (Å²) in [6.45, 7) is 10.2. The number of hydrogen-bond acceptors (Lipinski definition) is 2. The molecule has 0 fully saturated rings. The summed E-state index contributed by atoms with van der Waals surface area (Å²) in [5.41, 5.74) is 5.91. The molecule has 0 N–H and O–H groups in total. The van der Waals surface area contributed by atoms with E-state index in [-0.39, 0.29) is 5.78 Å². The van der Waals surface area contributed by atoms with Gasteiger partial charge in [0, 0.05) is 48.3 Å². The lowest BCUT2D eigenvalue weighted by molar-refractivity contribution is 0.101. The number of nitrogens with zero attached hydrogens (tertiary/aromatic N) is 2. The maximum atomic E-state index is 11.9. The highest BCUT2D eigenvalue weighted by Crippen LogP contribution is 2.33. The molecule has 0 bridgehead atoms. The predicted octanol–water partition coefficient (Wildman–Crippen LogP) is 3.41. The van der Waals surface area contributed by atoms with Crippen LogP contribution in [0.15, 0.2) is 12.1 Å². The molecule has 0 saturated carbocycles. The molecule has 20 heavy (non-hydrogen) atoms. The molecule has 2 heterocycles. The number of fused-ring (bicyclic) bond motifs is 2. The minimum Gasteiger partial charge on any atom is -0.347 e. The normalized spacial score (nSPS) is 15.3. The second-order valence-electron chi connectivity index (χ2n) is 6.21. The molecule has 1 aliphatic rings. The molecule has 2 aromatic rings. The first-order chi connectivity index (χ1) is 9.40. The van der Waals surface area contributed by atoms with Gasteiger partial charge in [-0.25, -0.2) is 0 Å². The van der Waals surface area contributed by atoms with Gasteiger partial charge in [-0.2, -0.15) is 0 Å². The van der Waals surface area contributed by atoms with Crippen LogP contribution in [0, 0.1) is 6.92 Å². The quantitative estimate of drug-likeness (QED) is 0.781. The van der Waals surface area contributed by atoms with E-state index in [1.165, 1.54) is 16.6 Å². The van der Waals surface area contributed by atoms with Gasteiger partial charge in [-0.1, -0.05) is 0 Å². The Hall–Kier alpha value is -1.61. The average Bonchev–Trinajstić information content (AvgIpc) is 2.88. The Kier molecular flexibility index (Phi) is 2.98. The fourth-order valence-corrected chi connectivity index (χ4v) is 3.29. The third-order valence-corrected chi connectivity index (χ3v) is 4.64. The van der Waals surface area contributed by atoms with Crippen molar-refractivity contribution >= 4 is 16.7 Å². The van der Waals surface area contributed by atoms with E-state index in [1.54, 1.807) is 6.92 Å². The van der Waals surface area contributed by atoms with Gasteiger partial charge in [0.1, 0.15) is 0 Å². The van der Waals surface area contributed by atoms with Crippen LogP contribution < -0.4 is 0 Å². The topological polar surface area (TPSA) is 25.2 Å². The van der Waals surface area contributed by atoms with E-state index in [4.69, 9.17) is 0 Å². The van der Waals surface area contributed by atoms with E-state index < -0.39 is 0 Å². The first-order valence-corrected chi connectivity index (χ1v) is 7.26. The molecule has 0 radical (unpaired) electrons. The summed E-state index contributed by atoms with van der Waals surface area (Å²) >= 11 is 0. The molecule has 1 aromatic carbocycles. The first kappa shape index (κ1) is 13.4. The van der Waals surface area contributed by atoms with Crippen molar-refractivity contribution in [2.45, 2.75) is 46.8 Å². The number of benzene rings is 1. The van der Waals surface area contributed by atoms with Gasteiger partial charge in [-0.3, -0.25) is 9.69 Å². The van der Waals surface area contributed by atoms with Crippen molar-refractivity contribution in [3.05, 3.63) is 34.5 Å². The lowest BCUT2D eigenvalue weighted by Crippen LogP contribution is -2.24. The zero-order chi connectivity index (χ0) is 14.6. The van der Waals surface area contributed by atoms with Crippen molar-refractivity contribution < 1.29 is 4.79 Å². The predicted molar refractivity (Wildman–Crippen MR) is 82.0 cm³/mol. The molecule has 106 valence electrons. The Bertz CT molecular complexity index is 710. The van der Waals surface area contributed by atoms with Gasteiger partial charge in [0.25, 0.3) is 0 Å². The van der Waals surface area contributed by atoms with Crippen LogP contribution in [-0.2, 0) is 20.1 Å². The summed E-state index contributed by atoms with van der Waals surface area (Å²) in [6.07, 6.45) is 0. The van der Waals surface area contributed by atoms with Crippen molar-refractivity contribution in [2.24, 2.45) is 7.05 Å². The van der Waals surface area contributed by atoms with Gasteiger partial charge in [-0.05, 0) is 51.0 Å². The van der Waals surface area contributed by atoms with Gasteiger partial charge in [0.05, 0.1) is 0 Å². The second-order valence-corrected chi connectivity index (χ2v) is 6.21. The standard InChI is InChI=1S/C17H22N2O/c1-10(2)19-8-13-6-15-16(7-14(13)9-19)18(5)11(3)17(15)12(4)20/h6-7,10H,8-9H2,1-5H3. The van der Waals surface area contributed by atoms with Crippen LogP contribution in [0.25, 0.3) is 10.9 Å². The Morgan fingerprint density at radius 3 is 2.35 bits per heavy atom. The minimum atomic E-state index is 0.159. The monoisotopic (exact) mass is 270 g/mol. The van der Waals surface area contributed by atoms with Crippen molar-refractivity contribution in [3.8, 4) is 0 Å². The molecule has 0 unspecified atom stereocenters. The van der Waals surface area contributed by atoms with E-state index in [9.17, 15) is 4.79 Å². The van der Waals surface area contributed by atoms with Gasteiger partial charge < -0.3 is 4.57 Å². The van der Waals surface area contributed by atoms with Crippen molar-refractivity contribution in [1.29, 1.82) is 0 Å². The third kappa shape index (κ3) is 1.80. The van der Waals surface area contributed by atoms with Crippen LogP contribution in [0.3, 0.4) is 0 Å². The minimum absolute atomic E-state index is 0.159. The molecule has 3 rings (SSSR count). The number of Topliss-reactive ketones (excluding diaryl/α,β-unsaturated/α-hetero) is 1. The highest BCUT2D eigenvalue weighted by Gasteiger charge is 2.24. The molecule has 0 amide bonds. The van der Waals surface area contributed by atoms with Crippen LogP contribution in [-0.4, -0.2) is 21.3 Å². The average molecular weight is 270 g/mol. The molecule has 0 atom stereocenters. The van der Waals surface area contributed by atoms with Gasteiger partial charge in [0.15, 0.2) is 5.78 Å². The zero-order valence-corrected chi connectivity index (χ0v) is 12.9. The van der Waals surface area contributed by atoms with E-state index in [0.29, 0.717) is 6.04 Å². The number of aromatic nitrogens is 1. The van der Waals surface area contributed by atoms with E-state index in [0.717, 1.165) is 29.7 Å². The third-order valence-electron chi connectivity index (χ3n) is 4.64. The summed E-state index contributed by atoms with van der Waals surface area (Å²) < 4.78 is 2.14. The second kappa shape index (κ2) is 4.45. The first-order valence-electron chi connectivity index (χ1n) is 7.26. The number of hydrogen-bond donors (Lipinski definition) is 0. The highest BCUT2D eigenvalue weighted by atomic mass is 16.1. The van der Waals surface area contributed by atoms with Crippen LogP contribution in [0.5, 0.6) is 0 Å². The van der Waals surface area contributed by atoms with Crippen LogP contribution in [0.2, 0.25) is 0 Å². The Morgan fingerprint density at radius 1 is 1.20 bits per heavy atom. The summed E-state index contributed by atoms with van der Waals surface area (Å²) in [4.78, 5) is 14.4. The summed E-state index contributed by atoms with van der Waals surface area (Å²) in [5.74, 6) is 0.159. The number of ketones is 1. The molecule has 0 aliphatic carbocycles. The fourth-order valence-electron chi connectivity index (χ4n) is 3.29. The molecule has 3 nitrogen and oxygen atoms in total. The van der Waals surface area contributed by atoms with Gasteiger partial charge in [0.2, 0.25) is 0 Å². The molecular weight excluding hydrogens is 248 g/mol. The largest absolute Gasteiger partial charge is 0.347 e. The number of aryl methyl sites for hydroxylation is 1. The molecule has 3 heteroatoms. The molecular formula is C17H22N2O.